The van der Waals surface area contributed by atoms with Gasteiger partial charge in [0.25, 0.3) is 0 Å². The van der Waals surface area contributed by atoms with E-state index in [1.54, 1.807) is 4.68 Å². The van der Waals surface area contributed by atoms with Crippen LogP contribution < -0.4 is 10.1 Å². The first-order valence-corrected chi connectivity index (χ1v) is 7.87. The van der Waals surface area contributed by atoms with E-state index in [0.717, 1.165) is 17.8 Å². The molecule has 0 saturated heterocycles. The summed E-state index contributed by atoms with van der Waals surface area (Å²) in [6, 6.07) is 17.9. The molecule has 2 aromatic carbocycles. The van der Waals surface area contributed by atoms with Gasteiger partial charge in [0.15, 0.2) is 0 Å². The third-order valence-corrected chi connectivity index (χ3v) is 3.37. The molecule has 1 heterocycles. The van der Waals surface area contributed by atoms with Gasteiger partial charge in [-0.2, -0.15) is 4.68 Å². The lowest BCUT2D eigenvalue weighted by atomic mass is 10.1. The quantitative estimate of drug-likeness (QED) is 0.751. The summed E-state index contributed by atoms with van der Waals surface area (Å²) in [5, 5.41) is 15.1. The zero-order chi connectivity index (χ0) is 17.0. The van der Waals surface area contributed by atoms with Crippen LogP contribution in [0.5, 0.6) is 11.8 Å². The Labute approximate surface area is 153 Å². The second-order valence-corrected chi connectivity index (χ2v) is 6.56. The van der Waals surface area contributed by atoms with Crippen LogP contribution in [0.3, 0.4) is 0 Å². The molecule has 0 aliphatic rings. The second-order valence-electron chi connectivity index (χ2n) is 6.56. The molecule has 0 aliphatic carbocycles. The molecule has 1 aromatic heterocycles. The van der Waals surface area contributed by atoms with Gasteiger partial charge < -0.3 is 10.1 Å². The first-order valence-electron chi connectivity index (χ1n) is 7.87. The average Bonchev–Trinajstić information content (AvgIpc) is 3.02. The summed E-state index contributed by atoms with van der Waals surface area (Å²) in [5.41, 5.74) is 2.05. The van der Waals surface area contributed by atoms with Crippen LogP contribution in [-0.2, 0) is 6.54 Å². The van der Waals surface area contributed by atoms with Crippen molar-refractivity contribution in [2.24, 2.45) is 0 Å². The van der Waals surface area contributed by atoms with Gasteiger partial charge in [-0.1, -0.05) is 35.4 Å². The highest BCUT2D eigenvalue weighted by Gasteiger charge is 2.12. The summed E-state index contributed by atoms with van der Waals surface area (Å²) in [6.45, 7) is 7.19. The Balaban J connectivity index is 0.00000225. The SMILES string of the molecule is CC(C)(C)NCc1cccc(Oc2nnnn2-c2ccccc2)c1.Cl. The minimum absolute atomic E-state index is 0. The van der Waals surface area contributed by atoms with Crippen molar-refractivity contribution in [3.63, 3.8) is 0 Å². The number of benzene rings is 2. The summed E-state index contributed by atoms with van der Waals surface area (Å²) in [7, 11) is 0. The van der Waals surface area contributed by atoms with Crippen molar-refractivity contribution in [2.45, 2.75) is 32.9 Å². The summed E-state index contributed by atoms with van der Waals surface area (Å²) >= 11 is 0. The Kier molecular flexibility index (Phi) is 6.12. The second kappa shape index (κ2) is 8.09. The van der Waals surface area contributed by atoms with Crippen LogP contribution in [0.4, 0.5) is 0 Å². The maximum absolute atomic E-state index is 5.88. The first-order chi connectivity index (χ1) is 11.5. The zero-order valence-corrected chi connectivity index (χ0v) is 15.3. The van der Waals surface area contributed by atoms with E-state index < -0.39 is 0 Å². The molecular weight excluding hydrogens is 338 g/mol. The van der Waals surface area contributed by atoms with Gasteiger partial charge >= 0.3 is 6.01 Å². The third kappa shape index (κ3) is 5.27. The summed E-state index contributed by atoms with van der Waals surface area (Å²) in [5.74, 6) is 0.704. The van der Waals surface area contributed by atoms with Crippen LogP contribution >= 0.6 is 12.4 Å². The fourth-order valence-electron chi connectivity index (χ4n) is 2.17. The molecule has 0 spiro atoms. The maximum Gasteiger partial charge on any atom is 0.345 e. The molecule has 132 valence electrons. The number of halogens is 1. The molecule has 0 bridgehead atoms. The number of rotatable bonds is 5. The minimum Gasteiger partial charge on any atom is -0.423 e. The van der Waals surface area contributed by atoms with Gasteiger partial charge in [0.1, 0.15) is 5.75 Å². The largest absolute Gasteiger partial charge is 0.423 e. The van der Waals surface area contributed by atoms with Crippen LogP contribution in [0.2, 0.25) is 0 Å². The molecule has 6 nitrogen and oxygen atoms in total. The zero-order valence-electron chi connectivity index (χ0n) is 14.5. The lowest BCUT2D eigenvalue weighted by Gasteiger charge is -2.20. The number of hydrogen-bond donors (Lipinski definition) is 1. The molecule has 0 radical (unpaired) electrons. The van der Waals surface area contributed by atoms with E-state index in [4.69, 9.17) is 4.74 Å². The van der Waals surface area contributed by atoms with Gasteiger partial charge in [-0.15, -0.1) is 12.4 Å². The number of tetrazole rings is 1. The van der Waals surface area contributed by atoms with Gasteiger partial charge in [-0.3, -0.25) is 0 Å². The topological polar surface area (TPSA) is 64.9 Å². The van der Waals surface area contributed by atoms with Crippen molar-refractivity contribution in [1.82, 2.24) is 25.5 Å². The van der Waals surface area contributed by atoms with Gasteiger partial charge in [0.2, 0.25) is 0 Å². The van der Waals surface area contributed by atoms with E-state index in [-0.39, 0.29) is 17.9 Å². The lowest BCUT2D eigenvalue weighted by molar-refractivity contribution is 0.417. The van der Waals surface area contributed by atoms with Gasteiger partial charge in [-0.05, 0) is 61.0 Å². The van der Waals surface area contributed by atoms with E-state index in [9.17, 15) is 0 Å². The molecule has 0 saturated carbocycles. The Morgan fingerprint density at radius 3 is 2.52 bits per heavy atom. The van der Waals surface area contributed by atoms with Crippen LogP contribution in [0.25, 0.3) is 5.69 Å². The van der Waals surface area contributed by atoms with Crippen molar-refractivity contribution in [3.8, 4) is 17.4 Å². The van der Waals surface area contributed by atoms with Crippen molar-refractivity contribution in [3.05, 3.63) is 60.2 Å². The van der Waals surface area contributed by atoms with Crippen LogP contribution in [0.1, 0.15) is 26.3 Å². The summed E-state index contributed by atoms with van der Waals surface area (Å²) in [6.07, 6.45) is 0. The molecule has 7 heteroatoms. The van der Waals surface area contributed by atoms with Gasteiger partial charge in [0, 0.05) is 12.1 Å². The molecule has 0 amide bonds. The fraction of sp³-hybridized carbons (Fsp3) is 0.278. The predicted octanol–water partition coefficient (Wildman–Crippen LogP) is 3.76. The van der Waals surface area contributed by atoms with Gasteiger partial charge in [-0.25, -0.2) is 0 Å². The lowest BCUT2D eigenvalue weighted by Crippen LogP contribution is -2.35. The molecule has 0 atom stereocenters. The van der Waals surface area contributed by atoms with E-state index in [0.29, 0.717) is 11.8 Å². The number of hydrogen-bond acceptors (Lipinski definition) is 5. The predicted molar refractivity (Wildman–Crippen MR) is 99.5 cm³/mol. The monoisotopic (exact) mass is 359 g/mol. The minimum atomic E-state index is 0. The highest BCUT2D eigenvalue weighted by atomic mass is 35.5. The Morgan fingerprint density at radius 1 is 1.04 bits per heavy atom. The van der Waals surface area contributed by atoms with Crippen LogP contribution in [0, 0.1) is 0 Å². The van der Waals surface area contributed by atoms with Crippen LogP contribution in [0.15, 0.2) is 54.6 Å². The van der Waals surface area contributed by atoms with E-state index in [2.05, 4.69) is 47.7 Å². The maximum atomic E-state index is 5.88. The van der Waals surface area contributed by atoms with E-state index in [1.165, 1.54) is 0 Å². The molecule has 0 unspecified atom stereocenters. The Bertz CT molecular complexity index is 798. The van der Waals surface area contributed by atoms with Crippen LogP contribution in [-0.4, -0.2) is 25.7 Å². The number of aromatic nitrogens is 4. The standard InChI is InChI=1S/C18H21N5O.ClH/c1-18(2,3)19-13-14-8-7-11-16(12-14)24-17-20-21-22-23(17)15-9-5-4-6-10-15;/h4-12,19H,13H2,1-3H3;1H. The molecule has 0 aliphatic heterocycles. The van der Waals surface area contributed by atoms with Crippen molar-refractivity contribution in [1.29, 1.82) is 0 Å². The van der Waals surface area contributed by atoms with E-state index in [1.807, 2.05) is 48.5 Å². The first kappa shape index (κ1) is 18.9. The highest BCUT2D eigenvalue weighted by molar-refractivity contribution is 5.85. The van der Waals surface area contributed by atoms with E-state index >= 15 is 0 Å². The molecular formula is C18H22ClN5O. The normalized spacial score (nSPS) is 11.0. The number of ether oxygens (including phenoxy) is 1. The third-order valence-electron chi connectivity index (χ3n) is 3.37. The van der Waals surface area contributed by atoms with Crippen molar-refractivity contribution < 1.29 is 4.74 Å². The highest BCUT2D eigenvalue weighted by Crippen LogP contribution is 2.22. The molecule has 3 rings (SSSR count). The summed E-state index contributed by atoms with van der Waals surface area (Å²) < 4.78 is 7.45. The number of para-hydroxylation sites is 1. The Hall–Kier alpha value is -2.44. The number of nitrogens with zero attached hydrogens (tertiary/aromatic N) is 4. The smallest absolute Gasteiger partial charge is 0.345 e. The van der Waals surface area contributed by atoms with Crippen molar-refractivity contribution >= 4 is 12.4 Å². The summed E-state index contributed by atoms with van der Waals surface area (Å²) in [4.78, 5) is 0. The number of nitrogens with one attached hydrogen (secondary N) is 1. The molecule has 25 heavy (non-hydrogen) atoms. The molecule has 0 fully saturated rings. The van der Waals surface area contributed by atoms with Crippen molar-refractivity contribution in [2.75, 3.05) is 0 Å². The van der Waals surface area contributed by atoms with Gasteiger partial charge in [0.05, 0.1) is 5.69 Å². The average molecular weight is 360 g/mol. The fourth-order valence-corrected chi connectivity index (χ4v) is 2.17. The molecule has 1 N–H and O–H groups in total. The Morgan fingerprint density at radius 2 is 1.80 bits per heavy atom. The molecule has 3 aromatic rings.